The molecule has 3 N–H and O–H groups in total. The maximum absolute atomic E-state index is 13.9. The number of carbonyl (C=O) groups excluding carboxylic acids is 2. The van der Waals surface area contributed by atoms with Crippen molar-refractivity contribution in [3.05, 3.63) is 83.4 Å². The second kappa shape index (κ2) is 13.4. The van der Waals surface area contributed by atoms with Gasteiger partial charge in [-0.1, -0.05) is 101 Å². The third-order valence-corrected chi connectivity index (χ3v) is 6.88. The molecular formula is C31H43N3O4. The van der Waals surface area contributed by atoms with Crippen molar-refractivity contribution >= 4 is 17.8 Å². The Hall–Kier alpha value is -3.45. The molecule has 0 radical (unpaired) electrons. The molecule has 0 spiro atoms. The predicted octanol–water partition coefficient (Wildman–Crippen LogP) is 4.45. The normalized spacial score (nSPS) is 14.6. The van der Waals surface area contributed by atoms with E-state index < -0.39 is 29.5 Å². The number of likely N-dealkylation sites (N-methyl/N-ethyl adjacent to an activating group) is 2. The van der Waals surface area contributed by atoms with Crippen LogP contribution in [0.4, 0.5) is 0 Å². The number of carboxylic acid groups (broad SMARTS) is 1. The summed E-state index contributed by atoms with van der Waals surface area (Å²) in [6.07, 6.45) is 1.60. The average Bonchev–Trinajstić information content (AvgIpc) is 2.87. The third kappa shape index (κ3) is 7.78. The zero-order valence-corrected chi connectivity index (χ0v) is 23.9. The van der Waals surface area contributed by atoms with Gasteiger partial charge in [0.25, 0.3) is 0 Å². The maximum Gasteiger partial charge on any atom is 0.331 e. The highest BCUT2D eigenvalue weighted by Crippen LogP contribution is 2.29. The van der Waals surface area contributed by atoms with Crippen LogP contribution in [0, 0.1) is 11.3 Å². The lowest BCUT2D eigenvalue weighted by Gasteiger charge is -2.38. The number of aliphatic carboxylic acids is 1. The van der Waals surface area contributed by atoms with Gasteiger partial charge in [-0.2, -0.15) is 0 Å². The first-order valence-electron chi connectivity index (χ1n) is 13.1. The topological polar surface area (TPSA) is 98.7 Å². The lowest BCUT2D eigenvalue weighted by atomic mass is 9.82. The van der Waals surface area contributed by atoms with Crippen molar-refractivity contribution in [1.82, 2.24) is 15.5 Å². The van der Waals surface area contributed by atoms with Crippen molar-refractivity contribution in [1.29, 1.82) is 0 Å². The van der Waals surface area contributed by atoms with Gasteiger partial charge in [-0.15, -0.1) is 0 Å². The minimum Gasteiger partial charge on any atom is -0.478 e. The Kier molecular flexibility index (Phi) is 10.8. The highest BCUT2D eigenvalue weighted by molar-refractivity contribution is 5.91. The molecule has 0 aromatic heterocycles. The van der Waals surface area contributed by atoms with Gasteiger partial charge in [-0.05, 0) is 36.4 Å². The Bertz CT molecular complexity index is 1070. The maximum atomic E-state index is 13.9. The van der Waals surface area contributed by atoms with Crippen LogP contribution in [0.1, 0.15) is 58.6 Å². The first-order chi connectivity index (χ1) is 17.8. The Morgan fingerprint density at radius 1 is 0.921 bits per heavy atom. The number of nitrogens with zero attached hydrogens (tertiary/aromatic N) is 1. The Morgan fingerprint density at radius 3 is 1.76 bits per heavy atom. The lowest BCUT2D eigenvalue weighted by Crippen LogP contribution is -2.59. The fourth-order valence-corrected chi connectivity index (χ4v) is 4.66. The van der Waals surface area contributed by atoms with Gasteiger partial charge in [0.15, 0.2) is 0 Å². The van der Waals surface area contributed by atoms with Gasteiger partial charge in [0.05, 0.1) is 12.1 Å². The minimum atomic E-state index is -1.03. The molecule has 206 valence electrons. The summed E-state index contributed by atoms with van der Waals surface area (Å²) in [5, 5.41) is 15.6. The number of carboxylic acids is 1. The van der Waals surface area contributed by atoms with E-state index in [1.807, 2.05) is 95.3 Å². The molecule has 7 heteroatoms. The molecule has 3 atom stereocenters. The van der Waals surface area contributed by atoms with Crippen LogP contribution in [0.15, 0.2) is 72.3 Å². The monoisotopic (exact) mass is 521 g/mol. The van der Waals surface area contributed by atoms with Crippen molar-refractivity contribution in [3.63, 3.8) is 0 Å². The van der Waals surface area contributed by atoms with Crippen LogP contribution in [0.2, 0.25) is 0 Å². The number of carbonyl (C=O) groups is 3. The van der Waals surface area contributed by atoms with Gasteiger partial charge in [0.1, 0.15) is 6.04 Å². The van der Waals surface area contributed by atoms with E-state index in [1.165, 1.54) is 6.92 Å². The van der Waals surface area contributed by atoms with Crippen LogP contribution in [0.5, 0.6) is 0 Å². The zero-order chi connectivity index (χ0) is 28.6. The van der Waals surface area contributed by atoms with Crippen LogP contribution in [0.3, 0.4) is 0 Å². The molecule has 2 rings (SSSR count). The Labute approximate surface area is 227 Å². The molecule has 7 nitrogen and oxygen atoms in total. The number of benzene rings is 2. The van der Waals surface area contributed by atoms with Gasteiger partial charge in [0.2, 0.25) is 11.8 Å². The van der Waals surface area contributed by atoms with Gasteiger partial charge >= 0.3 is 5.97 Å². The highest BCUT2D eigenvalue weighted by atomic mass is 16.4. The van der Waals surface area contributed by atoms with Gasteiger partial charge in [0, 0.05) is 18.5 Å². The van der Waals surface area contributed by atoms with Crippen molar-refractivity contribution in [3.8, 4) is 0 Å². The standard InChI is InChI=1S/C31H43N3O4/c1-20(2)24(19-21(3)30(37)38)34(8)29(36)27(31(4,5)6)33-28(35)26(32-7)25(22-15-11-9-12-16-22)23-17-13-10-14-18-23/h9-20,24-27,32H,1-8H3,(H,33,35)(H,37,38)/b21-19+/t24-,26+,27-/m1/s1. The van der Waals surface area contributed by atoms with Crippen molar-refractivity contribution < 1.29 is 19.5 Å². The van der Waals surface area contributed by atoms with E-state index in [0.29, 0.717) is 0 Å². The summed E-state index contributed by atoms with van der Waals surface area (Å²) in [5.74, 6) is -1.89. The molecule has 0 fully saturated rings. The van der Waals surface area contributed by atoms with Crippen LogP contribution < -0.4 is 10.6 Å². The van der Waals surface area contributed by atoms with E-state index in [1.54, 1.807) is 25.1 Å². The smallest absolute Gasteiger partial charge is 0.331 e. The molecule has 0 bridgehead atoms. The van der Waals surface area contributed by atoms with Crippen molar-refractivity contribution in [2.24, 2.45) is 11.3 Å². The van der Waals surface area contributed by atoms with E-state index in [2.05, 4.69) is 10.6 Å². The third-order valence-electron chi connectivity index (χ3n) is 6.88. The zero-order valence-electron chi connectivity index (χ0n) is 23.9. The summed E-state index contributed by atoms with van der Waals surface area (Å²) >= 11 is 0. The van der Waals surface area contributed by atoms with E-state index in [0.717, 1.165) is 11.1 Å². The summed E-state index contributed by atoms with van der Waals surface area (Å²) in [7, 11) is 3.41. The van der Waals surface area contributed by atoms with E-state index in [4.69, 9.17) is 0 Å². The number of hydrogen-bond acceptors (Lipinski definition) is 4. The molecule has 0 aliphatic rings. The predicted molar refractivity (Wildman–Crippen MR) is 152 cm³/mol. The SMILES string of the molecule is CN[C@H](C(=O)N[C@H](C(=O)N(C)[C@H](/C=C(\C)C(=O)O)C(C)C)C(C)(C)C)C(c1ccccc1)c1ccccc1. The molecule has 2 aromatic carbocycles. The van der Waals surface area contributed by atoms with Crippen LogP contribution in [-0.2, 0) is 14.4 Å². The molecule has 38 heavy (non-hydrogen) atoms. The van der Waals surface area contributed by atoms with Crippen LogP contribution in [0.25, 0.3) is 0 Å². The van der Waals surface area contributed by atoms with Gasteiger partial charge in [-0.25, -0.2) is 4.79 Å². The molecule has 0 saturated heterocycles. The average molecular weight is 522 g/mol. The first kappa shape index (κ1) is 30.8. The number of rotatable bonds is 11. The summed E-state index contributed by atoms with van der Waals surface area (Å²) in [5.41, 5.74) is 1.54. The summed E-state index contributed by atoms with van der Waals surface area (Å²) in [6, 6.07) is 17.8. The van der Waals surface area contributed by atoms with Crippen LogP contribution >= 0.6 is 0 Å². The summed E-state index contributed by atoms with van der Waals surface area (Å²) < 4.78 is 0. The van der Waals surface area contributed by atoms with Crippen molar-refractivity contribution in [2.45, 2.75) is 65.6 Å². The van der Waals surface area contributed by atoms with Crippen LogP contribution in [-0.4, -0.2) is 60.0 Å². The second-order valence-electron chi connectivity index (χ2n) is 11.2. The van der Waals surface area contributed by atoms with E-state index in [9.17, 15) is 19.5 Å². The molecule has 0 aliphatic heterocycles. The molecule has 2 amide bonds. The Balaban J connectivity index is 2.44. The number of hydrogen-bond donors (Lipinski definition) is 3. The quantitative estimate of drug-likeness (QED) is 0.380. The molecule has 0 heterocycles. The van der Waals surface area contributed by atoms with Crippen molar-refractivity contribution in [2.75, 3.05) is 14.1 Å². The van der Waals surface area contributed by atoms with Gasteiger partial charge < -0.3 is 20.6 Å². The summed E-state index contributed by atoms with van der Waals surface area (Å²) in [6.45, 7) is 11.1. The van der Waals surface area contributed by atoms with E-state index >= 15 is 0 Å². The molecule has 0 saturated carbocycles. The lowest BCUT2D eigenvalue weighted by molar-refractivity contribution is -0.140. The minimum absolute atomic E-state index is 0.0276. The fraction of sp³-hybridized carbons (Fsp3) is 0.452. The number of nitrogens with one attached hydrogen (secondary N) is 2. The molecule has 2 aromatic rings. The molecule has 0 aliphatic carbocycles. The highest BCUT2D eigenvalue weighted by Gasteiger charge is 2.39. The van der Waals surface area contributed by atoms with E-state index in [-0.39, 0.29) is 29.2 Å². The molecular weight excluding hydrogens is 478 g/mol. The largest absolute Gasteiger partial charge is 0.478 e. The fourth-order valence-electron chi connectivity index (χ4n) is 4.66. The number of amides is 2. The summed E-state index contributed by atoms with van der Waals surface area (Å²) in [4.78, 5) is 40.7. The van der Waals surface area contributed by atoms with Gasteiger partial charge in [-0.3, -0.25) is 9.59 Å². The molecule has 0 unspecified atom stereocenters. The first-order valence-corrected chi connectivity index (χ1v) is 13.1. The second-order valence-corrected chi connectivity index (χ2v) is 11.2. The Morgan fingerprint density at radius 2 is 1.39 bits per heavy atom.